The lowest BCUT2D eigenvalue weighted by Crippen LogP contribution is -2.35. The second-order valence-electron chi connectivity index (χ2n) is 4.48. The van der Waals surface area contributed by atoms with Crippen molar-refractivity contribution in [3.8, 4) is 0 Å². The van der Waals surface area contributed by atoms with Gasteiger partial charge in [0.25, 0.3) is 10.0 Å². The van der Waals surface area contributed by atoms with Crippen molar-refractivity contribution in [3.05, 3.63) is 11.8 Å². The molecule has 1 aliphatic rings. The van der Waals surface area contributed by atoms with E-state index >= 15 is 0 Å². The first-order chi connectivity index (χ1) is 8.93. The highest BCUT2D eigenvalue weighted by molar-refractivity contribution is 7.89. The van der Waals surface area contributed by atoms with E-state index in [-0.39, 0.29) is 10.6 Å². The third kappa shape index (κ3) is 2.77. The van der Waals surface area contributed by atoms with Crippen LogP contribution in [-0.4, -0.2) is 72.1 Å². The zero-order valence-electron chi connectivity index (χ0n) is 10.5. The number of carboxylic acid groups (broad SMARTS) is 1. The second-order valence-corrected chi connectivity index (χ2v) is 6.35. The van der Waals surface area contributed by atoms with Gasteiger partial charge in [0, 0.05) is 19.6 Å². The first-order valence-electron chi connectivity index (χ1n) is 5.88. The summed E-state index contributed by atoms with van der Waals surface area (Å²) in [4.78, 5) is 13.0. The van der Waals surface area contributed by atoms with Crippen LogP contribution in [0.1, 0.15) is 16.8 Å². The Kier molecular flexibility index (Phi) is 3.88. The van der Waals surface area contributed by atoms with Crippen LogP contribution >= 0.6 is 0 Å². The Morgan fingerprint density at radius 2 is 2.11 bits per heavy atom. The molecule has 0 unspecified atom stereocenters. The lowest BCUT2D eigenvalue weighted by Gasteiger charge is -2.19. The smallest absolute Gasteiger partial charge is 0.340 e. The van der Waals surface area contributed by atoms with Gasteiger partial charge in [-0.2, -0.15) is 9.40 Å². The monoisotopic (exact) mass is 288 g/mol. The van der Waals surface area contributed by atoms with E-state index in [0.29, 0.717) is 26.1 Å². The Morgan fingerprint density at radius 1 is 1.37 bits per heavy atom. The van der Waals surface area contributed by atoms with Gasteiger partial charge in [0.15, 0.2) is 5.03 Å². The number of sulfonamides is 1. The minimum absolute atomic E-state index is 0.322. The molecule has 2 N–H and O–H groups in total. The van der Waals surface area contributed by atoms with Crippen molar-refractivity contribution >= 4 is 16.0 Å². The maximum absolute atomic E-state index is 12.4. The summed E-state index contributed by atoms with van der Waals surface area (Å²) >= 11 is 0. The number of hydrogen-bond donors (Lipinski definition) is 2. The Bertz CT molecular complexity index is 568. The number of aromatic nitrogens is 2. The van der Waals surface area contributed by atoms with Gasteiger partial charge in [0.05, 0.1) is 6.20 Å². The molecular weight excluding hydrogens is 272 g/mol. The molecule has 19 heavy (non-hydrogen) atoms. The molecule has 0 aromatic carbocycles. The molecule has 0 atom stereocenters. The fourth-order valence-corrected chi connectivity index (χ4v) is 3.55. The third-order valence-electron chi connectivity index (χ3n) is 3.11. The first kappa shape index (κ1) is 14.0. The lowest BCUT2D eigenvalue weighted by molar-refractivity contribution is 0.0692. The van der Waals surface area contributed by atoms with Crippen LogP contribution in [0.25, 0.3) is 0 Å². The molecule has 1 saturated heterocycles. The van der Waals surface area contributed by atoms with Crippen molar-refractivity contribution in [1.29, 1.82) is 0 Å². The number of hydrogen-bond acceptors (Lipinski definition) is 5. The molecule has 9 heteroatoms. The van der Waals surface area contributed by atoms with Crippen LogP contribution in [0.4, 0.5) is 0 Å². The van der Waals surface area contributed by atoms with Crippen LogP contribution in [0.3, 0.4) is 0 Å². The van der Waals surface area contributed by atoms with Crippen LogP contribution in [0.5, 0.6) is 0 Å². The van der Waals surface area contributed by atoms with Crippen LogP contribution in [-0.2, 0) is 10.0 Å². The van der Waals surface area contributed by atoms with E-state index in [1.165, 1.54) is 4.31 Å². The van der Waals surface area contributed by atoms with Gasteiger partial charge in [-0.05, 0) is 20.0 Å². The molecule has 1 aliphatic heterocycles. The number of rotatable bonds is 3. The molecule has 0 saturated carbocycles. The highest BCUT2D eigenvalue weighted by atomic mass is 32.2. The summed E-state index contributed by atoms with van der Waals surface area (Å²) in [5.41, 5.74) is -0.322. The van der Waals surface area contributed by atoms with Crippen LogP contribution in [0.2, 0.25) is 0 Å². The number of H-pyrrole nitrogens is 1. The first-order valence-corrected chi connectivity index (χ1v) is 7.32. The van der Waals surface area contributed by atoms with E-state index in [4.69, 9.17) is 5.11 Å². The summed E-state index contributed by atoms with van der Waals surface area (Å²) < 4.78 is 26.1. The fourth-order valence-electron chi connectivity index (χ4n) is 2.02. The SMILES string of the molecule is CN1CCCN(S(=O)(=O)c2[nH]ncc2C(=O)O)CC1. The molecule has 0 aliphatic carbocycles. The second kappa shape index (κ2) is 5.27. The molecule has 0 spiro atoms. The van der Waals surface area contributed by atoms with E-state index in [1.54, 1.807) is 0 Å². The number of carboxylic acids is 1. The minimum atomic E-state index is -3.83. The van der Waals surface area contributed by atoms with Gasteiger partial charge < -0.3 is 10.0 Å². The molecule has 0 bridgehead atoms. The van der Waals surface area contributed by atoms with Crippen molar-refractivity contribution in [2.45, 2.75) is 11.4 Å². The van der Waals surface area contributed by atoms with Crippen molar-refractivity contribution in [3.63, 3.8) is 0 Å². The quantitative estimate of drug-likeness (QED) is 0.771. The van der Waals surface area contributed by atoms with Crippen LogP contribution in [0.15, 0.2) is 11.2 Å². The molecule has 1 aromatic heterocycles. The zero-order chi connectivity index (χ0) is 14.0. The Morgan fingerprint density at radius 3 is 2.79 bits per heavy atom. The number of aromatic amines is 1. The van der Waals surface area contributed by atoms with Crippen molar-refractivity contribution in [2.75, 3.05) is 33.2 Å². The Hall–Kier alpha value is -1.45. The highest BCUT2D eigenvalue weighted by Gasteiger charge is 2.31. The maximum Gasteiger partial charge on any atom is 0.340 e. The number of carbonyl (C=O) groups is 1. The Balaban J connectivity index is 2.31. The average molecular weight is 288 g/mol. The summed E-state index contributed by atoms with van der Waals surface area (Å²) in [7, 11) is -1.91. The topological polar surface area (TPSA) is 107 Å². The van der Waals surface area contributed by atoms with Gasteiger partial charge in [0.2, 0.25) is 0 Å². The molecular formula is C10H16N4O4S. The van der Waals surface area contributed by atoms with Gasteiger partial charge in [-0.15, -0.1) is 0 Å². The van der Waals surface area contributed by atoms with Gasteiger partial charge in [-0.1, -0.05) is 0 Å². The van der Waals surface area contributed by atoms with Gasteiger partial charge in [-0.3, -0.25) is 5.10 Å². The molecule has 0 radical (unpaired) electrons. The standard InChI is InChI=1S/C10H16N4O4S/c1-13-3-2-4-14(6-5-13)19(17,18)9-8(10(15)16)7-11-12-9/h7H,2-6H2,1H3,(H,11,12)(H,15,16). The summed E-state index contributed by atoms with van der Waals surface area (Å²) in [6.45, 7) is 2.16. The number of nitrogens with one attached hydrogen (secondary N) is 1. The zero-order valence-corrected chi connectivity index (χ0v) is 11.4. The van der Waals surface area contributed by atoms with Gasteiger partial charge >= 0.3 is 5.97 Å². The summed E-state index contributed by atoms with van der Waals surface area (Å²) in [5, 5.41) is 14.4. The summed E-state index contributed by atoms with van der Waals surface area (Å²) in [6.07, 6.45) is 1.73. The van der Waals surface area contributed by atoms with Crippen molar-refractivity contribution in [1.82, 2.24) is 19.4 Å². The average Bonchev–Trinajstić information content (AvgIpc) is 2.73. The van der Waals surface area contributed by atoms with E-state index in [0.717, 1.165) is 12.7 Å². The molecule has 1 aromatic rings. The van der Waals surface area contributed by atoms with Gasteiger partial charge in [-0.25, -0.2) is 13.2 Å². The number of aromatic carboxylic acids is 1. The minimum Gasteiger partial charge on any atom is -0.478 e. The largest absolute Gasteiger partial charge is 0.478 e. The summed E-state index contributed by atoms with van der Waals surface area (Å²) in [6, 6.07) is 0. The fraction of sp³-hybridized carbons (Fsp3) is 0.600. The molecule has 2 rings (SSSR count). The van der Waals surface area contributed by atoms with Gasteiger partial charge in [0.1, 0.15) is 5.56 Å². The van der Waals surface area contributed by atoms with Crippen molar-refractivity contribution < 1.29 is 18.3 Å². The lowest BCUT2D eigenvalue weighted by atomic mass is 10.4. The predicted molar refractivity (Wildman–Crippen MR) is 66.4 cm³/mol. The van der Waals surface area contributed by atoms with E-state index < -0.39 is 16.0 Å². The third-order valence-corrected chi connectivity index (χ3v) is 4.98. The van der Waals surface area contributed by atoms with Crippen LogP contribution in [0, 0.1) is 0 Å². The van der Waals surface area contributed by atoms with E-state index in [1.807, 2.05) is 11.9 Å². The normalized spacial score (nSPS) is 19.2. The summed E-state index contributed by atoms with van der Waals surface area (Å²) in [5.74, 6) is -1.31. The van der Waals surface area contributed by atoms with E-state index in [9.17, 15) is 13.2 Å². The van der Waals surface area contributed by atoms with E-state index in [2.05, 4.69) is 10.2 Å². The number of likely N-dealkylation sites (N-methyl/N-ethyl adjacent to an activating group) is 1. The van der Waals surface area contributed by atoms with Crippen LogP contribution < -0.4 is 0 Å². The molecule has 106 valence electrons. The molecule has 1 fully saturated rings. The molecule has 0 amide bonds. The highest BCUT2D eigenvalue weighted by Crippen LogP contribution is 2.19. The van der Waals surface area contributed by atoms with Crippen molar-refractivity contribution in [2.24, 2.45) is 0 Å². The number of nitrogens with zero attached hydrogens (tertiary/aromatic N) is 3. The Labute approximate surface area is 111 Å². The molecule has 2 heterocycles. The molecule has 8 nitrogen and oxygen atoms in total. The maximum atomic E-state index is 12.4. The predicted octanol–water partition coefficient (Wildman–Crippen LogP) is -0.566.